The zero-order valence-corrected chi connectivity index (χ0v) is 24.2. The van der Waals surface area contributed by atoms with E-state index in [2.05, 4.69) is 20.9 Å². The standard InChI is InChI=1S/C30H26F3N7O2S/c1-14-12-41-25-17(9-34)20(16-4-5-19(32)26-21(16)18(10-35)27(36)43-26)23(33)24-22(25)28(39(14)2)38-29(37-24)42-13-30-6-3-7-40(30)11-15(31)8-30/h4-5,14-15H,3,6-8,11-13,36H2,1-2H3/t14-,15+,30-/m0/s1. The van der Waals surface area contributed by atoms with Crippen LogP contribution >= 0.6 is 11.3 Å². The molecule has 0 spiro atoms. The smallest absolute Gasteiger partial charge is 0.319 e. The maximum Gasteiger partial charge on any atom is 0.319 e. The SMILES string of the molecule is C[C@H]1COc2c(C#N)c(-c3ccc(F)c4sc(N)c(C#N)c34)c(F)c3nc(OC[C@@]45CCCN4C[C@H](F)C5)nc(c23)N1C. The van der Waals surface area contributed by atoms with E-state index < -0.39 is 23.3 Å². The van der Waals surface area contributed by atoms with E-state index in [0.29, 0.717) is 18.8 Å². The van der Waals surface area contributed by atoms with Gasteiger partial charge in [0.1, 0.15) is 59.2 Å². The van der Waals surface area contributed by atoms with Crippen LogP contribution in [0.25, 0.3) is 32.1 Å². The normalized spacial score (nSPS) is 23.2. The van der Waals surface area contributed by atoms with Crippen molar-refractivity contribution in [1.82, 2.24) is 14.9 Å². The molecule has 2 N–H and O–H groups in total. The fourth-order valence-electron chi connectivity index (χ4n) is 6.77. The first-order chi connectivity index (χ1) is 20.7. The van der Waals surface area contributed by atoms with E-state index in [1.807, 2.05) is 17.9 Å². The van der Waals surface area contributed by atoms with Crippen LogP contribution in [0.5, 0.6) is 11.8 Å². The summed E-state index contributed by atoms with van der Waals surface area (Å²) in [6.45, 7) is 3.34. The zero-order chi connectivity index (χ0) is 30.2. The summed E-state index contributed by atoms with van der Waals surface area (Å²) in [4.78, 5) is 13.0. The van der Waals surface area contributed by atoms with E-state index >= 15 is 4.39 Å². The number of fused-ring (bicyclic) bond motifs is 2. The van der Waals surface area contributed by atoms with Crippen LogP contribution in [0.15, 0.2) is 12.1 Å². The number of halogens is 3. The van der Waals surface area contributed by atoms with Gasteiger partial charge < -0.3 is 20.1 Å². The summed E-state index contributed by atoms with van der Waals surface area (Å²) in [5.41, 5.74) is 5.21. The van der Waals surface area contributed by atoms with Gasteiger partial charge in [0.15, 0.2) is 11.6 Å². The van der Waals surface area contributed by atoms with Crippen molar-refractivity contribution in [2.24, 2.45) is 0 Å². The summed E-state index contributed by atoms with van der Waals surface area (Å²) in [6, 6.07) is 6.24. The Morgan fingerprint density at radius 1 is 1.21 bits per heavy atom. The van der Waals surface area contributed by atoms with Gasteiger partial charge in [-0.2, -0.15) is 20.5 Å². The third-order valence-corrected chi connectivity index (χ3v) is 10.0. The largest absolute Gasteiger partial charge is 0.489 e. The molecule has 3 atom stereocenters. The number of anilines is 2. The van der Waals surface area contributed by atoms with Crippen molar-refractivity contribution in [2.45, 2.75) is 43.9 Å². The Labute approximate surface area is 248 Å². The lowest BCUT2D eigenvalue weighted by Gasteiger charge is -2.31. The highest BCUT2D eigenvalue weighted by Crippen LogP contribution is 2.49. The van der Waals surface area contributed by atoms with Gasteiger partial charge in [-0.1, -0.05) is 6.07 Å². The lowest BCUT2D eigenvalue weighted by Crippen LogP contribution is -2.43. The van der Waals surface area contributed by atoms with Gasteiger partial charge in [-0.15, -0.1) is 11.3 Å². The molecule has 0 bridgehead atoms. The Kier molecular flexibility index (Phi) is 6.31. The number of rotatable bonds is 4. The second kappa shape index (κ2) is 9.86. The lowest BCUT2D eigenvalue weighted by atomic mass is 9.92. The topological polar surface area (TPSA) is 124 Å². The van der Waals surface area contributed by atoms with E-state index in [-0.39, 0.29) is 79.3 Å². The molecular formula is C30H26F3N7O2S. The number of hydrogen-bond acceptors (Lipinski definition) is 10. The molecule has 3 aliphatic heterocycles. The summed E-state index contributed by atoms with van der Waals surface area (Å²) in [7, 11) is 1.78. The lowest BCUT2D eigenvalue weighted by molar-refractivity contribution is 0.107. The van der Waals surface area contributed by atoms with E-state index in [4.69, 9.17) is 15.2 Å². The van der Waals surface area contributed by atoms with Crippen LogP contribution in [0.2, 0.25) is 0 Å². The van der Waals surface area contributed by atoms with Gasteiger partial charge in [-0.25, -0.2) is 13.2 Å². The van der Waals surface area contributed by atoms with Crippen molar-refractivity contribution in [3.05, 3.63) is 34.9 Å². The van der Waals surface area contributed by atoms with Gasteiger partial charge in [0.2, 0.25) is 0 Å². The number of nitrogen functional groups attached to an aromatic ring is 1. The first-order valence-corrected chi connectivity index (χ1v) is 14.7. The molecule has 0 saturated carbocycles. The Hall–Kier alpha value is -4.33. The molecule has 7 rings (SSSR count). The Morgan fingerprint density at radius 3 is 2.77 bits per heavy atom. The molecule has 2 aromatic heterocycles. The molecule has 3 aliphatic rings. The van der Waals surface area contributed by atoms with Gasteiger partial charge >= 0.3 is 6.01 Å². The Morgan fingerprint density at radius 2 is 2.00 bits per heavy atom. The summed E-state index contributed by atoms with van der Waals surface area (Å²) < 4.78 is 58.5. The first kappa shape index (κ1) is 27.5. The molecule has 2 aromatic carbocycles. The number of aromatic nitrogens is 2. The minimum Gasteiger partial charge on any atom is -0.489 e. The molecule has 43 heavy (non-hydrogen) atoms. The number of benzene rings is 2. The molecule has 0 amide bonds. The van der Waals surface area contributed by atoms with Gasteiger partial charge in [0, 0.05) is 31.0 Å². The van der Waals surface area contributed by atoms with Crippen LogP contribution in [0, 0.1) is 34.3 Å². The van der Waals surface area contributed by atoms with Crippen LogP contribution < -0.4 is 20.1 Å². The van der Waals surface area contributed by atoms with E-state index in [0.717, 1.165) is 36.8 Å². The zero-order valence-electron chi connectivity index (χ0n) is 23.4. The van der Waals surface area contributed by atoms with Gasteiger partial charge in [0.05, 0.1) is 27.2 Å². The summed E-state index contributed by atoms with van der Waals surface area (Å²) >= 11 is 0.878. The molecule has 0 unspecified atom stereocenters. The maximum absolute atomic E-state index is 16.9. The number of alkyl halides is 1. The number of thiophene rings is 1. The average Bonchev–Trinajstić information content (AvgIpc) is 3.61. The van der Waals surface area contributed by atoms with Crippen LogP contribution in [0.3, 0.4) is 0 Å². The number of nitrogens with two attached hydrogens (primary N) is 1. The van der Waals surface area contributed by atoms with E-state index in [9.17, 15) is 19.3 Å². The molecular weight excluding hydrogens is 579 g/mol. The number of nitriles is 2. The van der Waals surface area contributed by atoms with E-state index in [1.165, 1.54) is 6.07 Å². The molecule has 9 nitrogen and oxygen atoms in total. The maximum atomic E-state index is 16.9. The molecule has 0 aliphatic carbocycles. The van der Waals surface area contributed by atoms with E-state index in [1.54, 1.807) is 7.05 Å². The molecule has 4 aromatic rings. The fourth-order valence-corrected chi connectivity index (χ4v) is 7.72. The van der Waals surface area contributed by atoms with Gasteiger partial charge in [-0.05, 0) is 37.9 Å². The minimum atomic E-state index is -0.945. The predicted molar refractivity (Wildman–Crippen MR) is 156 cm³/mol. The van der Waals surface area contributed by atoms with Gasteiger partial charge in [-0.3, -0.25) is 4.90 Å². The second-order valence-corrected chi connectivity index (χ2v) is 12.5. The van der Waals surface area contributed by atoms with Crippen LogP contribution in [0.4, 0.5) is 24.0 Å². The summed E-state index contributed by atoms with van der Waals surface area (Å²) in [5, 5.41) is 20.6. The van der Waals surface area contributed by atoms with Crippen molar-refractivity contribution in [1.29, 1.82) is 10.5 Å². The number of hydrogen-bond donors (Lipinski definition) is 1. The highest BCUT2D eigenvalue weighted by atomic mass is 32.1. The molecule has 13 heteroatoms. The average molecular weight is 606 g/mol. The Balaban J connectivity index is 1.47. The molecule has 2 saturated heterocycles. The highest BCUT2D eigenvalue weighted by molar-refractivity contribution is 7.23. The number of ether oxygens (including phenoxy) is 2. The van der Waals surface area contributed by atoms with Crippen molar-refractivity contribution in [3.63, 3.8) is 0 Å². The fraction of sp³-hybridized carbons (Fsp3) is 0.400. The molecule has 5 heterocycles. The monoisotopic (exact) mass is 605 g/mol. The number of nitrogens with zero attached hydrogens (tertiary/aromatic N) is 6. The van der Waals surface area contributed by atoms with Crippen molar-refractivity contribution < 1.29 is 22.6 Å². The first-order valence-electron chi connectivity index (χ1n) is 13.9. The van der Waals surface area contributed by atoms with Crippen molar-refractivity contribution >= 4 is 43.1 Å². The second-order valence-electron chi connectivity index (χ2n) is 11.4. The number of likely N-dealkylation sites (N-methyl/N-ethyl adjacent to an activating group) is 1. The summed E-state index contributed by atoms with van der Waals surface area (Å²) in [6.07, 6.45) is 1.11. The predicted octanol–water partition coefficient (Wildman–Crippen LogP) is 5.29. The third kappa shape index (κ3) is 3.98. The molecule has 0 radical (unpaired) electrons. The summed E-state index contributed by atoms with van der Waals surface area (Å²) in [5.74, 6) is -1.09. The van der Waals surface area contributed by atoms with Crippen LogP contribution in [-0.2, 0) is 0 Å². The van der Waals surface area contributed by atoms with Crippen molar-refractivity contribution in [3.8, 4) is 35.0 Å². The van der Waals surface area contributed by atoms with Crippen LogP contribution in [0.1, 0.15) is 37.3 Å². The highest BCUT2D eigenvalue weighted by Gasteiger charge is 2.49. The third-order valence-electron chi connectivity index (χ3n) is 9.01. The minimum absolute atomic E-state index is 0.00599. The van der Waals surface area contributed by atoms with Crippen molar-refractivity contribution in [2.75, 3.05) is 44.0 Å². The molecule has 2 fully saturated rings. The van der Waals surface area contributed by atoms with Gasteiger partial charge in [0.25, 0.3) is 0 Å². The van der Waals surface area contributed by atoms with Crippen LogP contribution in [-0.4, -0.2) is 66.0 Å². The Bertz CT molecular complexity index is 1920. The molecule has 220 valence electrons. The quantitative estimate of drug-likeness (QED) is 0.331.